The quantitative estimate of drug-likeness (QED) is 0.904. The van der Waals surface area contributed by atoms with E-state index in [1.165, 1.54) is 5.56 Å². The Morgan fingerprint density at radius 2 is 1.95 bits per heavy atom. The smallest absolute Gasteiger partial charge is 0.335 e. The molecule has 104 valence electrons. The van der Waals surface area contributed by atoms with Crippen molar-refractivity contribution in [1.82, 2.24) is 0 Å². The van der Waals surface area contributed by atoms with Gasteiger partial charge >= 0.3 is 5.97 Å². The van der Waals surface area contributed by atoms with E-state index in [0.717, 1.165) is 21.3 Å². The summed E-state index contributed by atoms with van der Waals surface area (Å²) < 4.78 is 6.52. The minimum Gasteiger partial charge on any atom is -0.489 e. The molecule has 4 heteroatoms. The molecule has 0 aliphatic carbocycles. The summed E-state index contributed by atoms with van der Waals surface area (Å²) in [5.41, 5.74) is 3.45. The molecule has 1 N–H and O–H groups in total. The average molecular weight is 335 g/mol. The van der Waals surface area contributed by atoms with Crippen molar-refractivity contribution in [3.63, 3.8) is 0 Å². The van der Waals surface area contributed by atoms with Gasteiger partial charge in [-0.25, -0.2) is 4.79 Å². The minimum absolute atomic E-state index is 0.257. The number of carboxylic acid groups (broad SMARTS) is 1. The van der Waals surface area contributed by atoms with Crippen LogP contribution in [0.3, 0.4) is 0 Å². The van der Waals surface area contributed by atoms with Crippen LogP contribution >= 0.6 is 15.9 Å². The standard InChI is InChI=1S/C16H15BrO3/c1-10-3-6-15(11(2)7-10)20-9-13-5-4-12(16(18)19)8-14(13)17/h3-8H,9H2,1-2H3,(H,18,19). The number of halogens is 1. The van der Waals surface area contributed by atoms with Crippen LogP contribution in [0.15, 0.2) is 40.9 Å². The van der Waals surface area contributed by atoms with Crippen molar-refractivity contribution in [1.29, 1.82) is 0 Å². The molecule has 0 bridgehead atoms. The maximum Gasteiger partial charge on any atom is 0.335 e. The van der Waals surface area contributed by atoms with E-state index in [1.807, 2.05) is 26.0 Å². The molecule has 20 heavy (non-hydrogen) atoms. The molecular weight excluding hydrogens is 320 g/mol. The number of rotatable bonds is 4. The average Bonchev–Trinajstić information content (AvgIpc) is 2.38. The van der Waals surface area contributed by atoms with Gasteiger partial charge in [0.25, 0.3) is 0 Å². The molecule has 0 saturated carbocycles. The predicted octanol–water partition coefficient (Wildman–Crippen LogP) is 4.34. The van der Waals surface area contributed by atoms with Crippen LogP contribution in [0.4, 0.5) is 0 Å². The summed E-state index contributed by atoms with van der Waals surface area (Å²) >= 11 is 3.38. The Bertz CT molecular complexity index is 650. The van der Waals surface area contributed by atoms with E-state index in [0.29, 0.717) is 6.61 Å². The van der Waals surface area contributed by atoms with E-state index >= 15 is 0 Å². The fraction of sp³-hybridized carbons (Fsp3) is 0.188. The summed E-state index contributed by atoms with van der Waals surface area (Å²) in [5, 5.41) is 8.92. The third kappa shape index (κ3) is 3.39. The fourth-order valence-electron chi connectivity index (χ4n) is 1.91. The summed E-state index contributed by atoms with van der Waals surface area (Å²) in [4.78, 5) is 10.9. The highest BCUT2D eigenvalue weighted by molar-refractivity contribution is 9.10. The van der Waals surface area contributed by atoms with Gasteiger partial charge in [0.15, 0.2) is 0 Å². The number of aromatic carboxylic acids is 1. The second-order valence-electron chi connectivity index (χ2n) is 4.67. The van der Waals surface area contributed by atoms with Gasteiger partial charge in [0.2, 0.25) is 0 Å². The van der Waals surface area contributed by atoms with Gasteiger partial charge in [-0.15, -0.1) is 0 Å². The van der Waals surface area contributed by atoms with Gasteiger partial charge in [0.05, 0.1) is 5.56 Å². The Morgan fingerprint density at radius 3 is 2.55 bits per heavy atom. The molecule has 0 atom stereocenters. The van der Waals surface area contributed by atoms with E-state index in [9.17, 15) is 4.79 Å². The molecule has 0 amide bonds. The first-order valence-electron chi connectivity index (χ1n) is 6.19. The number of ether oxygens (including phenoxy) is 1. The van der Waals surface area contributed by atoms with Gasteiger partial charge in [-0.2, -0.15) is 0 Å². The van der Waals surface area contributed by atoms with E-state index in [1.54, 1.807) is 18.2 Å². The van der Waals surface area contributed by atoms with Crippen LogP contribution in [0.5, 0.6) is 5.75 Å². The Morgan fingerprint density at radius 1 is 1.20 bits per heavy atom. The number of aryl methyl sites for hydroxylation is 2. The predicted molar refractivity (Wildman–Crippen MR) is 81.3 cm³/mol. The number of carbonyl (C=O) groups is 1. The summed E-state index contributed by atoms with van der Waals surface area (Å²) in [6.45, 7) is 4.44. The van der Waals surface area contributed by atoms with Crippen molar-refractivity contribution in [2.24, 2.45) is 0 Å². The minimum atomic E-state index is -0.937. The summed E-state index contributed by atoms with van der Waals surface area (Å²) in [7, 11) is 0. The van der Waals surface area contributed by atoms with E-state index in [2.05, 4.69) is 22.0 Å². The highest BCUT2D eigenvalue weighted by Crippen LogP contribution is 2.23. The van der Waals surface area contributed by atoms with E-state index < -0.39 is 5.97 Å². The third-order valence-corrected chi connectivity index (χ3v) is 3.75. The van der Waals surface area contributed by atoms with Crippen molar-refractivity contribution < 1.29 is 14.6 Å². The lowest BCUT2D eigenvalue weighted by molar-refractivity contribution is 0.0696. The topological polar surface area (TPSA) is 46.5 Å². The van der Waals surface area contributed by atoms with Crippen molar-refractivity contribution >= 4 is 21.9 Å². The Kier molecular flexibility index (Phi) is 4.45. The second kappa shape index (κ2) is 6.09. The van der Waals surface area contributed by atoms with E-state index in [-0.39, 0.29) is 5.56 Å². The van der Waals surface area contributed by atoms with Crippen molar-refractivity contribution in [3.05, 3.63) is 63.1 Å². The normalized spacial score (nSPS) is 10.3. The first-order valence-corrected chi connectivity index (χ1v) is 6.98. The van der Waals surface area contributed by atoms with Gasteiger partial charge in [-0.3, -0.25) is 0 Å². The SMILES string of the molecule is Cc1ccc(OCc2ccc(C(=O)O)cc2Br)c(C)c1. The monoisotopic (exact) mass is 334 g/mol. The largest absolute Gasteiger partial charge is 0.489 e. The van der Waals surface area contributed by atoms with Crippen LogP contribution in [-0.4, -0.2) is 11.1 Å². The lowest BCUT2D eigenvalue weighted by atomic mass is 10.1. The zero-order valence-corrected chi connectivity index (χ0v) is 12.9. The molecule has 0 aliphatic rings. The van der Waals surface area contributed by atoms with Gasteiger partial charge in [0.1, 0.15) is 12.4 Å². The van der Waals surface area contributed by atoms with Crippen LogP contribution < -0.4 is 4.74 Å². The number of hydrogen-bond donors (Lipinski definition) is 1. The fourth-order valence-corrected chi connectivity index (χ4v) is 2.41. The number of carboxylic acids is 1. The lowest BCUT2D eigenvalue weighted by Gasteiger charge is -2.11. The van der Waals surface area contributed by atoms with Crippen LogP contribution in [0.2, 0.25) is 0 Å². The molecule has 2 rings (SSSR count). The molecule has 3 nitrogen and oxygen atoms in total. The van der Waals surface area contributed by atoms with Crippen molar-refractivity contribution in [2.75, 3.05) is 0 Å². The second-order valence-corrected chi connectivity index (χ2v) is 5.52. The molecule has 0 spiro atoms. The van der Waals surface area contributed by atoms with Gasteiger partial charge < -0.3 is 9.84 Å². The molecule has 2 aromatic rings. The molecule has 0 aromatic heterocycles. The number of benzene rings is 2. The zero-order valence-electron chi connectivity index (χ0n) is 11.3. The number of hydrogen-bond acceptors (Lipinski definition) is 2. The third-order valence-electron chi connectivity index (χ3n) is 3.01. The first kappa shape index (κ1) is 14.6. The first-order chi connectivity index (χ1) is 9.47. The molecule has 0 unspecified atom stereocenters. The Labute approximate surface area is 126 Å². The summed E-state index contributed by atoms with van der Waals surface area (Å²) in [5.74, 6) is -0.0997. The van der Waals surface area contributed by atoms with Crippen LogP contribution in [0.25, 0.3) is 0 Å². The lowest BCUT2D eigenvalue weighted by Crippen LogP contribution is -2.01. The van der Waals surface area contributed by atoms with Crippen LogP contribution in [0.1, 0.15) is 27.0 Å². The molecule has 0 heterocycles. The molecule has 0 aliphatic heterocycles. The molecule has 0 saturated heterocycles. The van der Waals surface area contributed by atoms with Crippen molar-refractivity contribution in [2.45, 2.75) is 20.5 Å². The van der Waals surface area contributed by atoms with Gasteiger partial charge in [-0.1, -0.05) is 39.7 Å². The summed E-state index contributed by atoms with van der Waals surface area (Å²) in [6, 6.07) is 10.9. The highest BCUT2D eigenvalue weighted by atomic mass is 79.9. The summed E-state index contributed by atoms with van der Waals surface area (Å²) in [6.07, 6.45) is 0. The molecule has 0 radical (unpaired) electrons. The maximum atomic E-state index is 10.9. The van der Waals surface area contributed by atoms with Crippen LogP contribution in [0, 0.1) is 13.8 Å². The van der Waals surface area contributed by atoms with Crippen molar-refractivity contribution in [3.8, 4) is 5.75 Å². The maximum absolute atomic E-state index is 10.9. The van der Waals surface area contributed by atoms with Crippen LogP contribution in [-0.2, 0) is 6.61 Å². The Hall–Kier alpha value is -1.81. The molecular formula is C16H15BrO3. The molecule has 2 aromatic carbocycles. The molecule has 0 fully saturated rings. The highest BCUT2D eigenvalue weighted by Gasteiger charge is 2.08. The van der Waals surface area contributed by atoms with Gasteiger partial charge in [-0.05, 0) is 37.6 Å². The zero-order chi connectivity index (χ0) is 14.7. The van der Waals surface area contributed by atoms with E-state index in [4.69, 9.17) is 9.84 Å². The van der Waals surface area contributed by atoms with Gasteiger partial charge in [0, 0.05) is 10.0 Å². The Balaban J connectivity index is 2.13.